The molecular formula is C44H56Br2N2O10. The van der Waals surface area contributed by atoms with Crippen molar-refractivity contribution < 1.29 is 48.7 Å². The predicted molar refractivity (Wildman–Crippen MR) is 221 cm³/mol. The zero-order chi connectivity index (χ0) is 41.9. The topological polar surface area (TPSA) is 184 Å². The largest absolute Gasteiger partial charge is 0.511 e. The molecule has 1 saturated carbocycles. The molecule has 13 atom stereocenters. The number of allylic oxidation sites excluding steroid dienone is 3. The molecule has 2 bridgehead atoms. The molecule has 2 aliphatic heterocycles. The van der Waals surface area contributed by atoms with Crippen molar-refractivity contribution >= 4 is 55.5 Å². The number of ether oxygens (including phenoxy) is 3. The quantitative estimate of drug-likeness (QED) is 0.102. The van der Waals surface area contributed by atoms with Crippen LogP contribution in [0, 0.1) is 40.4 Å². The number of aliphatic hydroxyl groups is 2. The molecule has 5 N–H and O–H groups in total. The Hall–Kier alpha value is -3.04. The average molecular weight is 933 g/mol. The van der Waals surface area contributed by atoms with E-state index in [1.165, 1.54) is 0 Å². The summed E-state index contributed by atoms with van der Waals surface area (Å²) in [6.07, 6.45) is 14.3. The van der Waals surface area contributed by atoms with Gasteiger partial charge in [0, 0.05) is 35.9 Å². The second kappa shape index (κ2) is 16.4. The van der Waals surface area contributed by atoms with Gasteiger partial charge in [0.2, 0.25) is 5.78 Å². The van der Waals surface area contributed by atoms with Gasteiger partial charge in [-0.3, -0.25) is 9.59 Å². The fourth-order valence-electron chi connectivity index (χ4n) is 11.3. The Bertz CT molecular complexity index is 1940. The summed E-state index contributed by atoms with van der Waals surface area (Å²) in [7, 11) is 0. The lowest BCUT2D eigenvalue weighted by atomic mass is 9.50. The smallest absolute Gasteiger partial charge is 0.346 e. The van der Waals surface area contributed by atoms with Crippen LogP contribution >= 0.6 is 31.9 Å². The summed E-state index contributed by atoms with van der Waals surface area (Å²) >= 11 is 6.79. The number of fused-ring (bicyclic) bond motifs is 4. The highest BCUT2D eigenvalue weighted by atomic mass is 79.9. The van der Waals surface area contributed by atoms with Crippen molar-refractivity contribution in [3.8, 4) is 0 Å². The van der Waals surface area contributed by atoms with Crippen LogP contribution in [-0.2, 0) is 28.6 Å². The predicted octanol–water partition coefficient (Wildman–Crippen LogP) is 8.02. The Morgan fingerprint density at radius 1 is 1.10 bits per heavy atom. The zero-order valence-corrected chi connectivity index (χ0v) is 36.9. The summed E-state index contributed by atoms with van der Waals surface area (Å²) < 4.78 is 20.7. The van der Waals surface area contributed by atoms with Gasteiger partial charge >= 0.3 is 11.9 Å². The number of H-pyrrole nitrogens is 1. The fourth-order valence-corrected chi connectivity index (χ4v) is 12.0. The number of rotatable bonds is 7. The maximum absolute atomic E-state index is 15.1. The Balaban J connectivity index is 1.21. The molecule has 4 aliphatic carbocycles. The van der Waals surface area contributed by atoms with Gasteiger partial charge in [-0.1, -0.05) is 57.6 Å². The number of ketones is 1. The third kappa shape index (κ3) is 7.00. The molecule has 1 amide bonds. The van der Waals surface area contributed by atoms with Crippen LogP contribution in [-0.4, -0.2) is 80.2 Å². The number of aliphatic hydroxyl groups excluding tert-OH is 2. The molecule has 2 saturated heterocycles. The minimum Gasteiger partial charge on any atom is -0.511 e. The van der Waals surface area contributed by atoms with E-state index in [-0.39, 0.29) is 65.4 Å². The van der Waals surface area contributed by atoms with Crippen molar-refractivity contribution in [1.29, 1.82) is 0 Å². The van der Waals surface area contributed by atoms with Crippen molar-refractivity contribution in [3.63, 3.8) is 0 Å². The van der Waals surface area contributed by atoms with Gasteiger partial charge in [0.05, 0.1) is 38.7 Å². The molecule has 0 unspecified atom stereocenters. The van der Waals surface area contributed by atoms with E-state index in [4.69, 9.17) is 14.2 Å². The number of carbonyl (C=O) groups excluding carboxylic acids is 3. The second-order valence-corrected chi connectivity index (χ2v) is 19.2. The normalized spacial score (nSPS) is 42.0. The van der Waals surface area contributed by atoms with E-state index in [9.17, 15) is 29.7 Å². The van der Waals surface area contributed by atoms with E-state index in [0.29, 0.717) is 33.9 Å². The molecule has 3 fully saturated rings. The van der Waals surface area contributed by atoms with Crippen molar-refractivity contribution in [2.24, 2.45) is 40.4 Å². The van der Waals surface area contributed by atoms with Crippen molar-refractivity contribution in [2.45, 2.75) is 135 Å². The van der Waals surface area contributed by atoms with Gasteiger partial charge < -0.3 is 39.8 Å². The van der Waals surface area contributed by atoms with Gasteiger partial charge in [-0.25, -0.2) is 9.59 Å². The summed E-state index contributed by atoms with van der Waals surface area (Å²) in [5, 5.41) is 37.3. The van der Waals surface area contributed by atoms with Crippen LogP contribution in [0.25, 0.3) is 0 Å². The van der Waals surface area contributed by atoms with Gasteiger partial charge in [-0.2, -0.15) is 0 Å². The Morgan fingerprint density at radius 3 is 2.52 bits per heavy atom. The Labute approximate surface area is 356 Å². The van der Waals surface area contributed by atoms with Crippen LogP contribution in [0.3, 0.4) is 0 Å². The molecule has 14 heteroatoms. The van der Waals surface area contributed by atoms with E-state index < -0.39 is 64.6 Å². The fraction of sp³-hybridized carbons (Fsp3) is 0.636. The van der Waals surface area contributed by atoms with Crippen molar-refractivity contribution in [2.75, 3.05) is 0 Å². The number of hydrogen-bond acceptors (Lipinski definition) is 9. The van der Waals surface area contributed by atoms with Crippen molar-refractivity contribution in [1.82, 2.24) is 10.3 Å². The zero-order valence-electron chi connectivity index (χ0n) is 33.8. The van der Waals surface area contributed by atoms with E-state index in [2.05, 4.69) is 61.2 Å². The first-order chi connectivity index (χ1) is 27.5. The number of carboxylic acids is 1. The number of amides is 1. The van der Waals surface area contributed by atoms with Crippen LogP contribution in [0.15, 0.2) is 62.4 Å². The number of hydrogen-bond donors (Lipinski definition) is 5. The lowest BCUT2D eigenvalue weighted by molar-refractivity contribution is -0.258. The van der Waals surface area contributed by atoms with Gasteiger partial charge in [0.15, 0.2) is 11.9 Å². The molecule has 3 heterocycles. The van der Waals surface area contributed by atoms with E-state index in [0.717, 1.165) is 32.1 Å². The highest BCUT2D eigenvalue weighted by molar-refractivity contribution is 9.13. The number of halogens is 2. The molecule has 12 nitrogen and oxygen atoms in total. The first-order valence-corrected chi connectivity index (χ1v) is 22.5. The van der Waals surface area contributed by atoms with Crippen LogP contribution in [0.5, 0.6) is 0 Å². The minimum absolute atomic E-state index is 0.00323. The van der Waals surface area contributed by atoms with E-state index in [1.54, 1.807) is 26.1 Å². The Morgan fingerprint density at radius 2 is 1.86 bits per heavy atom. The van der Waals surface area contributed by atoms with Gasteiger partial charge in [0.1, 0.15) is 17.0 Å². The van der Waals surface area contributed by atoms with Crippen LogP contribution in [0.2, 0.25) is 0 Å². The number of esters is 1. The highest BCUT2D eigenvalue weighted by Crippen LogP contribution is 2.61. The number of carbonyl (C=O) groups is 4. The number of aromatic amines is 1. The SMILES string of the molecule is CC[C@H]1C[C@]23OC(=O)/C(=C(/O)[C@]4(CC)[C@@H](C=C[C@@H]5[C@@H](O[C@H]6C[C@@H](O)[C@H](NC(=O)c7[nH]cc(Br)c7Br)[C@@H](C)O6)[C@@H](C)CC[C@@H]54)CCCC/C=C/[C@@]2(C)C=C1C(=O)O)C3=O. The molecule has 1 aromatic heterocycles. The molecule has 6 aliphatic rings. The van der Waals surface area contributed by atoms with Crippen LogP contribution < -0.4 is 5.32 Å². The summed E-state index contributed by atoms with van der Waals surface area (Å²) in [6.45, 7) is 9.55. The maximum atomic E-state index is 15.1. The third-order valence-electron chi connectivity index (χ3n) is 14.5. The summed E-state index contributed by atoms with van der Waals surface area (Å²) in [5.74, 6) is -4.20. The first-order valence-electron chi connectivity index (χ1n) is 20.9. The minimum atomic E-state index is -1.71. The van der Waals surface area contributed by atoms with Crippen LogP contribution in [0.4, 0.5) is 0 Å². The summed E-state index contributed by atoms with van der Waals surface area (Å²) in [5.41, 5.74) is -3.75. The molecule has 7 rings (SSSR count). The number of carboxylic acid groups (broad SMARTS) is 1. The second-order valence-electron chi connectivity index (χ2n) is 17.6. The molecule has 0 aromatic carbocycles. The van der Waals surface area contributed by atoms with Gasteiger partial charge in [-0.05, 0) is 114 Å². The molecule has 316 valence electrons. The lowest BCUT2D eigenvalue weighted by Crippen LogP contribution is -2.58. The van der Waals surface area contributed by atoms with E-state index >= 15 is 4.79 Å². The Kier molecular flexibility index (Phi) is 12.2. The molecule has 1 spiro atoms. The van der Waals surface area contributed by atoms with E-state index in [1.807, 2.05) is 26.0 Å². The monoisotopic (exact) mass is 930 g/mol. The maximum Gasteiger partial charge on any atom is 0.346 e. The molecule has 0 radical (unpaired) electrons. The number of nitrogens with one attached hydrogen (secondary N) is 2. The molecule has 58 heavy (non-hydrogen) atoms. The van der Waals surface area contributed by atoms with Gasteiger partial charge in [0.25, 0.3) is 5.91 Å². The van der Waals surface area contributed by atoms with Gasteiger partial charge in [-0.15, -0.1) is 0 Å². The number of aliphatic carboxylic acids is 1. The first kappa shape index (κ1) is 43.1. The standard InChI is InChI=1S/C44H56Br2N2O10/c1-6-24-19-44-38(51)32(41(55)58-44)37(50)43(7-2)25(12-10-8-9-11-17-42(44,5)20-27(24)40(53)54)14-15-26-28(43)16-13-22(3)36(26)57-31-18-30(49)34(23(4)56-31)48-39(52)35-33(46)29(45)21-47-35/h11,14-15,17,20-26,28,30-31,34,36,47,49-50H,6-10,12-13,16,18-19H2,1-5H3,(H,48,52)(H,53,54)/b17-11+,37-32+/t22-,23+,24-,25+,26-,28-,30+,31-,34+,36-,42-,43+,44+/m0/s1. The summed E-state index contributed by atoms with van der Waals surface area (Å²) in [6, 6.07) is -0.687. The lowest BCUT2D eigenvalue weighted by Gasteiger charge is -2.55. The highest BCUT2D eigenvalue weighted by Gasteiger charge is 2.67. The van der Waals surface area contributed by atoms with Crippen LogP contribution in [0.1, 0.15) is 109 Å². The third-order valence-corrected chi connectivity index (χ3v) is 16.5. The average Bonchev–Trinajstić information content (AvgIpc) is 3.65. The summed E-state index contributed by atoms with van der Waals surface area (Å²) in [4.78, 5) is 57.8. The molecule has 1 aromatic rings. The van der Waals surface area contributed by atoms with Crippen molar-refractivity contribution in [3.05, 3.63) is 68.1 Å². The molecular weight excluding hydrogens is 876 g/mol. The number of aromatic nitrogens is 1. The number of Topliss-reactive ketones (excluding diaryl/α,β-unsaturated/α-hetero) is 1.